The Morgan fingerprint density at radius 1 is 1.50 bits per heavy atom. The van der Waals surface area contributed by atoms with Gasteiger partial charge in [0, 0.05) is 18.6 Å². The molecule has 2 aliphatic rings. The summed E-state index contributed by atoms with van der Waals surface area (Å²) >= 11 is 0. The van der Waals surface area contributed by atoms with Crippen molar-refractivity contribution < 1.29 is 4.79 Å². The maximum absolute atomic E-state index is 12.0. The molecule has 3 atom stereocenters. The summed E-state index contributed by atoms with van der Waals surface area (Å²) < 4.78 is 0. The van der Waals surface area contributed by atoms with Gasteiger partial charge in [-0.25, -0.2) is 4.79 Å². The van der Waals surface area contributed by atoms with Crippen LogP contribution in [0.3, 0.4) is 0 Å². The lowest BCUT2D eigenvalue weighted by Gasteiger charge is -2.24. The van der Waals surface area contributed by atoms with Crippen LogP contribution in [0.1, 0.15) is 33.1 Å². The van der Waals surface area contributed by atoms with Crippen molar-refractivity contribution in [3.8, 4) is 0 Å². The van der Waals surface area contributed by atoms with Crippen molar-refractivity contribution in [1.29, 1.82) is 0 Å². The number of amides is 2. The predicted octanol–water partition coefficient (Wildman–Crippen LogP) is 1.16. The number of fused-ring (bicyclic) bond motifs is 2. The van der Waals surface area contributed by atoms with Gasteiger partial charge in [0.2, 0.25) is 0 Å². The van der Waals surface area contributed by atoms with E-state index in [1.165, 1.54) is 0 Å². The van der Waals surface area contributed by atoms with Crippen molar-refractivity contribution in [2.75, 3.05) is 13.1 Å². The minimum atomic E-state index is 0.122. The largest absolute Gasteiger partial charge is 0.338 e. The lowest BCUT2D eigenvalue weighted by Crippen LogP contribution is -2.45. The summed E-state index contributed by atoms with van der Waals surface area (Å²) in [5.41, 5.74) is 5.75. The van der Waals surface area contributed by atoms with Gasteiger partial charge in [-0.05, 0) is 37.6 Å². The van der Waals surface area contributed by atoms with Gasteiger partial charge < -0.3 is 16.0 Å². The van der Waals surface area contributed by atoms with Crippen molar-refractivity contribution in [3.05, 3.63) is 0 Å². The molecule has 0 aromatic carbocycles. The second kappa shape index (κ2) is 4.62. The van der Waals surface area contributed by atoms with E-state index in [4.69, 9.17) is 5.73 Å². The number of hydrogen-bond acceptors (Lipinski definition) is 2. The summed E-state index contributed by atoms with van der Waals surface area (Å²) in [6.07, 6.45) is 3.41. The fourth-order valence-corrected chi connectivity index (χ4v) is 3.07. The van der Waals surface area contributed by atoms with Gasteiger partial charge in [0.15, 0.2) is 0 Å². The van der Waals surface area contributed by atoms with E-state index in [2.05, 4.69) is 24.1 Å². The standard InChI is InChI=1S/C12H23N3O/c1-8(2)7-14-12(16)15-10-3-4-11(15)9(5-10)6-13/h8-11H,3-7,13H2,1-2H3,(H,14,16). The Bertz CT molecular complexity index is 267. The highest BCUT2D eigenvalue weighted by molar-refractivity contribution is 5.75. The maximum Gasteiger partial charge on any atom is 0.317 e. The number of carbonyl (C=O) groups is 1. The molecule has 2 bridgehead atoms. The van der Waals surface area contributed by atoms with Crippen LogP contribution in [0.15, 0.2) is 0 Å². The van der Waals surface area contributed by atoms with Gasteiger partial charge in [-0.3, -0.25) is 0 Å². The zero-order valence-electron chi connectivity index (χ0n) is 10.3. The summed E-state index contributed by atoms with van der Waals surface area (Å²) in [4.78, 5) is 14.1. The van der Waals surface area contributed by atoms with Gasteiger partial charge in [-0.1, -0.05) is 13.8 Å². The van der Waals surface area contributed by atoms with Crippen LogP contribution in [0, 0.1) is 11.8 Å². The van der Waals surface area contributed by atoms with Gasteiger partial charge in [-0.2, -0.15) is 0 Å². The summed E-state index contributed by atoms with van der Waals surface area (Å²) in [6, 6.07) is 0.977. The SMILES string of the molecule is CC(C)CNC(=O)N1C2CCC1C(CN)C2. The highest BCUT2D eigenvalue weighted by Gasteiger charge is 2.47. The lowest BCUT2D eigenvalue weighted by molar-refractivity contribution is 0.187. The minimum Gasteiger partial charge on any atom is -0.338 e. The van der Waals surface area contributed by atoms with Crippen LogP contribution in [0.25, 0.3) is 0 Å². The van der Waals surface area contributed by atoms with Gasteiger partial charge in [0.1, 0.15) is 0 Å². The highest BCUT2D eigenvalue weighted by Crippen LogP contribution is 2.40. The molecule has 0 spiro atoms. The van der Waals surface area contributed by atoms with Crippen molar-refractivity contribution in [3.63, 3.8) is 0 Å². The van der Waals surface area contributed by atoms with E-state index in [9.17, 15) is 4.79 Å². The third kappa shape index (κ3) is 2.03. The van der Waals surface area contributed by atoms with Gasteiger partial charge in [0.25, 0.3) is 0 Å². The van der Waals surface area contributed by atoms with Gasteiger partial charge in [0.05, 0.1) is 0 Å². The molecule has 92 valence electrons. The molecule has 3 N–H and O–H groups in total. The second-order valence-electron chi connectivity index (χ2n) is 5.52. The van der Waals surface area contributed by atoms with Crippen LogP contribution in [-0.2, 0) is 0 Å². The highest BCUT2D eigenvalue weighted by atomic mass is 16.2. The molecule has 2 rings (SSSR count). The lowest BCUT2D eigenvalue weighted by atomic mass is 9.89. The Morgan fingerprint density at radius 3 is 2.81 bits per heavy atom. The quantitative estimate of drug-likeness (QED) is 0.757. The van der Waals surface area contributed by atoms with Crippen molar-refractivity contribution in [2.24, 2.45) is 17.6 Å². The molecule has 2 fully saturated rings. The average Bonchev–Trinajstić information content (AvgIpc) is 2.82. The predicted molar refractivity (Wildman–Crippen MR) is 64.0 cm³/mol. The van der Waals surface area contributed by atoms with Crippen LogP contribution >= 0.6 is 0 Å². The normalized spacial score (nSPS) is 32.5. The smallest absolute Gasteiger partial charge is 0.317 e. The van der Waals surface area contributed by atoms with E-state index < -0.39 is 0 Å². The molecular weight excluding hydrogens is 202 g/mol. The fraction of sp³-hybridized carbons (Fsp3) is 0.917. The minimum absolute atomic E-state index is 0.122. The Hall–Kier alpha value is -0.770. The van der Waals surface area contributed by atoms with E-state index in [1.54, 1.807) is 0 Å². The van der Waals surface area contributed by atoms with E-state index >= 15 is 0 Å². The molecule has 0 radical (unpaired) electrons. The number of carbonyl (C=O) groups excluding carboxylic acids is 1. The Labute approximate surface area is 97.6 Å². The Kier molecular flexibility index (Phi) is 3.38. The summed E-state index contributed by atoms with van der Waals surface area (Å²) in [5, 5.41) is 3.02. The van der Waals surface area contributed by atoms with Crippen molar-refractivity contribution >= 4 is 6.03 Å². The number of hydrogen-bond donors (Lipinski definition) is 2. The van der Waals surface area contributed by atoms with Gasteiger partial charge >= 0.3 is 6.03 Å². The first-order valence-electron chi connectivity index (χ1n) is 6.39. The first kappa shape index (κ1) is 11.7. The molecule has 2 aliphatic heterocycles. The Morgan fingerprint density at radius 2 is 2.25 bits per heavy atom. The molecule has 0 aromatic heterocycles. The number of nitrogens with one attached hydrogen (secondary N) is 1. The van der Waals surface area contributed by atoms with Crippen LogP contribution in [0.2, 0.25) is 0 Å². The molecular formula is C12H23N3O. The van der Waals surface area contributed by atoms with Crippen LogP contribution in [0.4, 0.5) is 4.79 Å². The second-order valence-corrected chi connectivity index (χ2v) is 5.52. The maximum atomic E-state index is 12.0. The first-order chi connectivity index (χ1) is 7.63. The van der Waals surface area contributed by atoms with Crippen LogP contribution in [0.5, 0.6) is 0 Å². The van der Waals surface area contributed by atoms with Crippen LogP contribution < -0.4 is 11.1 Å². The number of nitrogens with two attached hydrogens (primary N) is 1. The molecule has 2 amide bonds. The molecule has 2 saturated heterocycles. The third-order valence-corrected chi connectivity index (χ3v) is 3.86. The molecule has 3 unspecified atom stereocenters. The number of urea groups is 1. The number of rotatable bonds is 3. The van der Waals surface area contributed by atoms with E-state index in [-0.39, 0.29) is 6.03 Å². The number of nitrogens with zero attached hydrogens (tertiary/aromatic N) is 1. The van der Waals surface area contributed by atoms with E-state index in [0.29, 0.717) is 23.9 Å². The van der Waals surface area contributed by atoms with E-state index in [0.717, 1.165) is 32.4 Å². The average molecular weight is 225 g/mol. The summed E-state index contributed by atoms with van der Waals surface area (Å²) in [6.45, 7) is 5.71. The third-order valence-electron chi connectivity index (χ3n) is 3.86. The van der Waals surface area contributed by atoms with Crippen molar-refractivity contribution in [1.82, 2.24) is 10.2 Å². The van der Waals surface area contributed by atoms with Gasteiger partial charge in [-0.15, -0.1) is 0 Å². The Balaban J connectivity index is 1.92. The molecule has 4 nitrogen and oxygen atoms in total. The fourth-order valence-electron chi connectivity index (χ4n) is 3.07. The van der Waals surface area contributed by atoms with Crippen LogP contribution in [-0.4, -0.2) is 36.1 Å². The first-order valence-corrected chi connectivity index (χ1v) is 6.39. The zero-order valence-corrected chi connectivity index (χ0v) is 10.3. The summed E-state index contributed by atoms with van der Waals surface area (Å²) in [5.74, 6) is 1.04. The molecule has 0 saturated carbocycles. The van der Waals surface area contributed by atoms with Crippen molar-refractivity contribution in [2.45, 2.75) is 45.2 Å². The molecule has 2 heterocycles. The topological polar surface area (TPSA) is 58.4 Å². The zero-order chi connectivity index (χ0) is 11.7. The molecule has 0 aliphatic carbocycles. The molecule has 4 heteroatoms. The van der Waals surface area contributed by atoms with E-state index in [1.807, 2.05) is 0 Å². The summed E-state index contributed by atoms with van der Waals surface area (Å²) in [7, 11) is 0. The molecule has 0 aromatic rings. The monoisotopic (exact) mass is 225 g/mol. The molecule has 16 heavy (non-hydrogen) atoms.